The van der Waals surface area contributed by atoms with E-state index in [1.54, 1.807) is 39.3 Å². The summed E-state index contributed by atoms with van der Waals surface area (Å²) < 4.78 is 24.2. The molecule has 0 heterocycles. The third-order valence-corrected chi connectivity index (χ3v) is 3.67. The van der Waals surface area contributed by atoms with E-state index < -0.39 is 11.8 Å². The van der Waals surface area contributed by atoms with Gasteiger partial charge in [-0.25, -0.2) is 9.18 Å². The predicted octanol–water partition coefficient (Wildman–Crippen LogP) is 4.38. The third kappa shape index (κ3) is 4.29. The van der Waals surface area contributed by atoms with Gasteiger partial charge in [0, 0.05) is 10.6 Å². The molecule has 0 radical (unpaired) electrons. The zero-order valence-electron chi connectivity index (χ0n) is 13.5. The molecule has 7 heteroatoms. The van der Waals surface area contributed by atoms with Crippen LogP contribution in [0.1, 0.15) is 18.5 Å². The summed E-state index contributed by atoms with van der Waals surface area (Å²) >= 11 is 5.69. The quantitative estimate of drug-likeness (QED) is 0.839. The number of urea groups is 1. The van der Waals surface area contributed by atoms with Crippen molar-refractivity contribution in [2.75, 3.05) is 19.5 Å². The Hall–Kier alpha value is -2.47. The van der Waals surface area contributed by atoms with Crippen LogP contribution in [0, 0.1) is 5.82 Å². The molecule has 0 saturated heterocycles. The van der Waals surface area contributed by atoms with Crippen LogP contribution in [0.2, 0.25) is 5.02 Å². The Labute approximate surface area is 144 Å². The maximum absolute atomic E-state index is 13.7. The Bertz CT molecular complexity index is 740. The summed E-state index contributed by atoms with van der Waals surface area (Å²) in [5.41, 5.74) is 0.783. The number of amides is 2. The van der Waals surface area contributed by atoms with Crippen LogP contribution in [-0.2, 0) is 0 Å². The molecule has 128 valence electrons. The lowest BCUT2D eigenvalue weighted by Gasteiger charge is -2.18. The van der Waals surface area contributed by atoms with Crippen LogP contribution in [0.25, 0.3) is 0 Å². The average Bonchev–Trinajstić information content (AvgIpc) is 2.56. The molecule has 0 aliphatic rings. The van der Waals surface area contributed by atoms with Crippen molar-refractivity contribution in [2.24, 2.45) is 0 Å². The number of methoxy groups -OCH3 is 2. The number of nitrogens with one attached hydrogen (secondary N) is 2. The maximum atomic E-state index is 13.7. The Morgan fingerprint density at radius 3 is 2.54 bits per heavy atom. The molecule has 2 rings (SSSR count). The number of ether oxygens (including phenoxy) is 2. The first-order chi connectivity index (χ1) is 11.4. The number of halogens is 2. The molecule has 5 nitrogen and oxygen atoms in total. The van der Waals surface area contributed by atoms with E-state index >= 15 is 0 Å². The molecule has 0 fully saturated rings. The van der Waals surface area contributed by atoms with E-state index in [4.69, 9.17) is 21.1 Å². The predicted molar refractivity (Wildman–Crippen MR) is 91.5 cm³/mol. The number of anilines is 1. The van der Waals surface area contributed by atoms with E-state index in [9.17, 15) is 9.18 Å². The number of hydrogen-bond donors (Lipinski definition) is 2. The SMILES string of the molecule is COc1ccc(OC)c(C(C)NC(=O)Nc2ccc(Cl)cc2F)c1. The number of carbonyl (C=O) groups excluding carboxylic acids is 1. The fraction of sp³-hybridized carbons (Fsp3) is 0.235. The van der Waals surface area contributed by atoms with Crippen molar-refractivity contribution in [3.05, 3.63) is 52.8 Å². The summed E-state index contributed by atoms with van der Waals surface area (Å²) in [4.78, 5) is 12.1. The van der Waals surface area contributed by atoms with E-state index in [-0.39, 0.29) is 16.8 Å². The molecule has 2 aromatic rings. The standard InChI is InChI=1S/C17H18ClFN2O3/c1-10(13-9-12(23-2)5-7-16(13)24-3)20-17(22)21-15-6-4-11(18)8-14(15)19/h4-10H,1-3H3,(H2,20,21,22). The fourth-order valence-electron chi connectivity index (χ4n) is 2.20. The molecule has 2 N–H and O–H groups in total. The first-order valence-corrected chi connectivity index (χ1v) is 7.57. The first kappa shape index (κ1) is 17.9. The second kappa shape index (κ2) is 7.88. The summed E-state index contributed by atoms with van der Waals surface area (Å²) in [5, 5.41) is 5.43. The highest BCUT2D eigenvalue weighted by Gasteiger charge is 2.16. The number of rotatable bonds is 5. The van der Waals surface area contributed by atoms with Crippen molar-refractivity contribution in [1.29, 1.82) is 0 Å². The van der Waals surface area contributed by atoms with Gasteiger partial charge in [-0.05, 0) is 43.3 Å². The topological polar surface area (TPSA) is 59.6 Å². The average molecular weight is 353 g/mol. The maximum Gasteiger partial charge on any atom is 0.319 e. The smallest absolute Gasteiger partial charge is 0.319 e. The van der Waals surface area contributed by atoms with Crippen molar-refractivity contribution >= 4 is 23.3 Å². The molecule has 0 aliphatic heterocycles. The summed E-state index contributed by atoms with van der Waals surface area (Å²) in [7, 11) is 3.10. The molecule has 2 amide bonds. The summed E-state index contributed by atoms with van der Waals surface area (Å²) in [6.07, 6.45) is 0. The van der Waals surface area contributed by atoms with Gasteiger partial charge in [-0.15, -0.1) is 0 Å². The van der Waals surface area contributed by atoms with Crippen LogP contribution in [-0.4, -0.2) is 20.3 Å². The van der Waals surface area contributed by atoms with Gasteiger partial charge in [0.15, 0.2) is 0 Å². The molecule has 0 aliphatic carbocycles. The Kier molecular flexibility index (Phi) is 5.87. The van der Waals surface area contributed by atoms with Gasteiger partial charge in [-0.1, -0.05) is 11.6 Å². The molecular weight excluding hydrogens is 335 g/mol. The first-order valence-electron chi connectivity index (χ1n) is 7.19. The Morgan fingerprint density at radius 2 is 1.92 bits per heavy atom. The van der Waals surface area contributed by atoms with Crippen LogP contribution in [0.3, 0.4) is 0 Å². The van der Waals surface area contributed by atoms with Crippen molar-refractivity contribution < 1.29 is 18.7 Å². The van der Waals surface area contributed by atoms with Crippen LogP contribution in [0.4, 0.5) is 14.9 Å². The minimum absolute atomic E-state index is 0.0432. The van der Waals surface area contributed by atoms with E-state index in [0.29, 0.717) is 11.5 Å². The van der Waals surface area contributed by atoms with Gasteiger partial charge in [-0.2, -0.15) is 0 Å². The molecule has 1 atom stereocenters. The highest BCUT2D eigenvalue weighted by molar-refractivity contribution is 6.30. The second-order valence-corrected chi connectivity index (χ2v) is 5.49. The van der Waals surface area contributed by atoms with Gasteiger partial charge in [0.05, 0.1) is 25.9 Å². The minimum atomic E-state index is -0.607. The van der Waals surface area contributed by atoms with E-state index in [1.165, 1.54) is 12.1 Å². The van der Waals surface area contributed by atoms with Gasteiger partial charge < -0.3 is 20.1 Å². The summed E-state index contributed by atoms with van der Waals surface area (Å²) in [5.74, 6) is 0.647. The lowest BCUT2D eigenvalue weighted by atomic mass is 10.1. The molecular formula is C17H18ClFN2O3. The van der Waals surface area contributed by atoms with Gasteiger partial charge in [0.25, 0.3) is 0 Å². The van der Waals surface area contributed by atoms with Crippen molar-refractivity contribution in [1.82, 2.24) is 5.32 Å². The third-order valence-electron chi connectivity index (χ3n) is 3.43. The van der Waals surface area contributed by atoms with Crippen LogP contribution < -0.4 is 20.1 Å². The van der Waals surface area contributed by atoms with E-state index in [2.05, 4.69) is 10.6 Å². The Balaban J connectivity index is 2.11. The largest absolute Gasteiger partial charge is 0.497 e. The van der Waals surface area contributed by atoms with Crippen molar-refractivity contribution in [3.63, 3.8) is 0 Å². The Morgan fingerprint density at radius 1 is 1.17 bits per heavy atom. The second-order valence-electron chi connectivity index (χ2n) is 5.05. The number of carbonyl (C=O) groups is 1. The van der Waals surface area contributed by atoms with Crippen molar-refractivity contribution in [2.45, 2.75) is 13.0 Å². The van der Waals surface area contributed by atoms with E-state index in [0.717, 1.165) is 11.6 Å². The molecule has 0 spiro atoms. The van der Waals surface area contributed by atoms with Gasteiger partial charge in [-0.3, -0.25) is 0 Å². The minimum Gasteiger partial charge on any atom is -0.497 e. The van der Waals surface area contributed by atoms with Gasteiger partial charge in [0.2, 0.25) is 0 Å². The highest BCUT2D eigenvalue weighted by Crippen LogP contribution is 2.29. The van der Waals surface area contributed by atoms with E-state index in [1.807, 2.05) is 0 Å². The van der Waals surface area contributed by atoms with Gasteiger partial charge >= 0.3 is 6.03 Å². The normalized spacial score (nSPS) is 11.5. The molecule has 1 unspecified atom stereocenters. The molecule has 24 heavy (non-hydrogen) atoms. The number of hydrogen-bond acceptors (Lipinski definition) is 3. The lowest BCUT2D eigenvalue weighted by molar-refractivity contribution is 0.249. The van der Waals surface area contributed by atoms with Crippen LogP contribution >= 0.6 is 11.6 Å². The molecule has 2 aromatic carbocycles. The summed E-state index contributed by atoms with van der Waals surface area (Å²) in [6, 6.07) is 8.38. The number of benzene rings is 2. The lowest BCUT2D eigenvalue weighted by Crippen LogP contribution is -2.31. The fourth-order valence-corrected chi connectivity index (χ4v) is 2.36. The molecule has 0 aromatic heterocycles. The van der Waals surface area contributed by atoms with Crippen LogP contribution in [0.15, 0.2) is 36.4 Å². The highest BCUT2D eigenvalue weighted by atomic mass is 35.5. The molecule has 0 saturated carbocycles. The zero-order chi connectivity index (χ0) is 17.7. The monoisotopic (exact) mass is 352 g/mol. The van der Waals surface area contributed by atoms with Gasteiger partial charge in [0.1, 0.15) is 17.3 Å². The molecule has 0 bridgehead atoms. The van der Waals surface area contributed by atoms with Crippen LogP contribution in [0.5, 0.6) is 11.5 Å². The van der Waals surface area contributed by atoms with Crippen molar-refractivity contribution in [3.8, 4) is 11.5 Å². The summed E-state index contributed by atoms with van der Waals surface area (Å²) in [6.45, 7) is 1.79. The zero-order valence-corrected chi connectivity index (χ0v) is 14.3.